The molecule has 2 aliphatic heterocycles. The topological polar surface area (TPSA) is 74.3 Å². The number of ether oxygens (including phenoxy) is 1. The van der Waals surface area contributed by atoms with E-state index in [0.717, 1.165) is 43.6 Å². The number of hydrogen-bond acceptors (Lipinski definition) is 5. The number of likely N-dealkylation sites (tertiary alicyclic amines) is 1. The highest BCUT2D eigenvalue weighted by atomic mass is 16.5. The molecule has 0 aliphatic carbocycles. The summed E-state index contributed by atoms with van der Waals surface area (Å²) in [5.41, 5.74) is 2.82. The van der Waals surface area contributed by atoms with Gasteiger partial charge in [-0.3, -0.25) is 4.79 Å². The summed E-state index contributed by atoms with van der Waals surface area (Å²) in [6.07, 6.45) is 4.83. The van der Waals surface area contributed by atoms with Crippen molar-refractivity contribution in [1.29, 1.82) is 0 Å². The Bertz CT molecular complexity index is 1090. The predicted octanol–water partition coefficient (Wildman–Crippen LogP) is 3.29. The van der Waals surface area contributed by atoms with Gasteiger partial charge in [0.15, 0.2) is 0 Å². The van der Waals surface area contributed by atoms with Crippen molar-refractivity contribution in [2.75, 3.05) is 31.6 Å². The number of nitrogens with zero attached hydrogens (tertiary/aromatic N) is 4. The number of methoxy groups -OCH3 is 1. The summed E-state index contributed by atoms with van der Waals surface area (Å²) in [6.45, 7) is 4.87. The molecule has 2 aliphatic rings. The number of anilines is 1. The molecule has 2 saturated heterocycles. The van der Waals surface area contributed by atoms with Crippen molar-refractivity contribution in [2.24, 2.45) is 5.41 Å². The standard InChI is InChI=1S/C23H27N5O2/c1-16-12-20(30-2)26-22(25-16)28-11-9-23(15-28)8-5-10-27(21(23)29)14-17-13-24-19-7-4-3-6-18(17)19/h3-4,6-7,12-13,24H,5,8-11,14-15H2,1-2H3/t23-/m0/s1. The lowest BCUT2D eigenvalue weighted by molar-refractivity contribution is -0.145. The molecule has 4 heterocycles. The molecule has 1 N–H and O–H groups in total. The summed E-state index contributed by atoms with van der Waals surface area (Å²) in [5.74, 6) is 1.49. The van der Waals surface area contributed by atoms with Crippen molar-refractivity contribution in [3.05, 3.63) is 47.8 Å². The Morgan fingerprint density at radius 1 is 1.20 bits per heavy atom. The van der Waals surface area contributed by atoms with E-state index in [1.54, 1.807) is 7.11 Å². The third-order valence-electron chi connectivity index (χ3n) is 6.53. The summed E-state index contributed by atoms with van der Waals surface area (Å²) in [6, 6.07) is 10.1. The lowest BCUT2D eigenvalue weighted by Gasteiger charge is -2.39. The van der Waals surface area contributed by atoms with Crippen LogP contribution in [-0.2, 0) is 11.3 Å². The summed E-state index contributed by atoms with van der Waals surface area (Å²) < 4.78 is 5.31. The van der Waals surface area contributed by atoms with Crippen LogP contribution in [0.4, 0.5) is 5.95 Å². The van der Waals surface area contributed by atoms with Gasteiger partial charge in [-0.05, 0) is 37.8 Å². The first-order chi connectivity index (χ1) is 14.6. The van der Waals surface area contributed by atoms with E-state index in [0.29, 0.717) is 24.9 Å². The second-order valence-electron chi connectivity index (χ2n) is 8.49. The number of fused-ring (bicyclic) bond motifs is 1. The second kappa shape index (κ2) is 7.31. The molecule has 156 valence electrons. The molecular formula is C23H27N5O2. The van der Waals surface area contributed by atoms with Crippen LogP contribution in [0, 0.1) is 12.3 Å². The van der Waals surface area contributed by atoms with Crippen molar-refractivity contribution < 1.29 is 9.53 Å². The average Bonchev–Trinajstić information content (AvgIpc) is 3.37. The first kappa shape index (κ1) is 18.9. The molecule has 5 rings (SSSR count). The first-order valence-electron chi connectivity index (χ1n) is 10.6. The zero-order valence-corrected chi connectivity index (χ0v) is 17.5. The van der Waals surface area contributed by atoms with Gasteiger partial charge in [-0.1, -0.05) is 18.2 Å². The van der Waals surface area contributed by atoms with E-state index in [-0.39, 0.29) is 11.3 Å². The maximum atomic E-state index is 13.6. The van der Waals surface area contributed by atoms with Gasteiger partial charge in [-0.25, -0.2) is 4.98 Å². The number of piperidine rings is 1. The molecule has 7 heteroatoms. The molecule has 1 amide bonds. The number of hydrogen-bond donors (Lipinski definition) is 1. The fourth-order valence-electron chi connectivity index (χ4n) is 4.96. The predicted molar refractivity (Wildman–Crippen MR) is 116 cm³/mol. The largest absolute Gasteiger partial charge is 0.481 e. The zero-order valence-electron chi connectivity index (χ0n) is 17.5. The summed E-state index contributed by atoms with van der Waals surface area (Å²) >= 11 is 0. The highest BCUT2D eigenvalue weighted by Gasteiger charge is 2.49. The van der Waals surface area contributed by atoms with Crippen molar-refractivity contribution >= 4 is 22.8 Å². The molecule has 3 aromatic rings. The smallest absolute Gasteiger partial charge is 0.230 e. The lowest BCUT2D eigenvalue weighted by Crippen LogP contribution is -2.49. The van der Waals surface area contributed by atoms with Crippen LogP contribution in [0.1, 0.15) is 30.5 Å². The minimum atomic E-state index is -0.343. The molecule has 2 aromatic heterocycles. The van der Waals surface area contributed by atoms with Gasteiger partial charge < -0.3 is 19.5 Å². The first-order valence-corrected chi connectivity index (χ1v) is 10.6. The Balaban J connectivity index is 1.36. The fraction of sp³-hybridized carbons (Fsp3) is 0.435. The van der Waals surface area contributed by atoms with E-state index in [9.17, 15) is 4.79 Å². The quantitative estimate of drug-likeness (QED) is 0.721. The molecule has 1 aromatic carbocycles. The van der Waals surface area contributed by atoms with Gasteiger partial charge in [0.25, 0.3) is 0 Å². The minimum absolute atomic E-state index is 0.265. The van der Waals surface area contributed by atoms with E-state index < -0.39 is 0 Å². The highest BCUT2D eigenvalue weighted by molar-refractivity contribution is 5.87. The number of nitrogens with one attached hydrogen (secondary N) is 1. The van der Waals surface area contributed by atoms with Crippen LogP contribution in [0.15, 0.2) is 36.5 Å². The van der Waals surface area contributed by atoms with E-state index in [4.69, 9.17) is 4.74 Å². The van der Waals surface area contributed by atoms with Crippen LogP contribution in [0.3, 0.4) is 0 Å². The van der Waals surface area contributed by atoms with Gasteiger partial charge in [-0.15, -0.1) is 0 Å². The van der Waals surface area contributed by atoms with Gasteiger partial charge in [0.05, 0.1) is 12.5 Å². The lowest BCUT2D eigenvalue weighted by atomic mass is 9.78. The van der Waals surface area contributed by atoms with E-state index in [1.807, 2.05) is 36.2 Å². The van der Waals surface area contributed by atoms with Crippen LogP contribution in [0.2, 0.25) is 0 Å². The molecule has 1 spiro atoms. The van der Waals surface area contributed by atoms with Crippen molar-refractivity contribution in [3.63, 3.8) is 0 Å². The van der Waals surface area contributed by atoms with Crippen LogP contribution in [-0.4, -0.2) is 52.5 Å². The molecule has 7 nitrogen and oxygen atoms in total. The van der Waals surface area contributed by atoms with E-state index in [1.165, 1.54) is 10.9 Å². The monoisotopic (exact) mass is 405 g/mol. The Morgan fingerprint density at radius 3 is 2.93 bits per heavy atom. The number of amides is 1. The van der Waals surface area contributed by atoms with Gasteiger partial charge in [-0.2, -0.15) is 4.98 Å². The van der Waals surface area contributed by atoms with Gasteiger partial charge in [0.1, 0.15) is 0 Å². The molecule has 30 heavy (non-hydrogen) atoms. The Labute approximate surface area is 176 Å². The van der Waals surface area contributed by atoms with Crippen LogP contribution in [0.25, 0.3) is 10.9 Å². The number of benzene rings is 1. The van der Waals surface area contributed by atoms with E-state index >= 15 is 0 Å². The molecule has 0 saturated carbocycles. The third-order valence-corrected chi connectivity index (χ3v) is 6.53. The molecule has 0 radical (unpaired) electrons. The van der Waals surface area contributed by atoms with Gasteiger partial charge >= 0.3 is 0 Å². The van der Waals surface area contributed by atoms with Crippen molar-refractivity contribution in [1.82, 2.24) is 19.9 Å². The van der Waals surface area contributed by atoms with Gasteiger partial charge in [0, 0.05) is 55.0 Å². The summed E-state index contributed by atoms with van der Waals surface area (Å²) in [5, 5.41) is 1.19. The highest BCUT2D eigenvalue weighted by Crippen LogP contribution is 2.41. The number of H-pyrrole nitrogens is 1. The number of carbonyl (C=O) groups is 1. The van der Waals surface area contributed by atoms with Crippen LogP contribution < -0.4 is 9.64 Å². The minimum Gasteiger partial charge on any atom is -0.481 e. The average molecular weight is 406 g/mol. The number of carbonyl (C=O) groups excluding carboxylic acids is 1. The zero-order chi connectivity index (χ0) is 20.7. The third kappa shape index (κ3) is 3.18. The number of aryl methyl sites for hydroxylation is 1. The van der Waals surface area contributed by atoms with Crippen molar-refractivity contribution in [2.45, 2.75) is 32.7 Å². The second-order valence-corrected chi connectivity index (χ2v) is 8.49. The Hall–Kier alpha value is -3.09. The maximum Gasteiger partial charge on any atom is 0.230 e. The Morgan fingerprint density at radius 2 is 2.07 bits per heavy atom. The summed E-state index contributed by atoms with van der Waals surface area (Å²) in [7, 11) is 1.62. The summed E-state index contributed by atoms with van der Waals surface area (Å²) in [4.78, 5) is 30.2. The normalized spacial score (nSPS) is 21.7. The molecule has 0 bridgehead atoms. The number of aromatic nitrogens is 3. The molecule has 1 atom stereocenters. The Kier molecular flexibility index (Phi) is 4.60. The number of aromatic amines is 1. The number of rotatable bonds is 4. The molecular weight excluding hydrogens is 378 g/mol. The van der Waals surface area contributed by atoms with E-state index in [2.05, 4.69) is 32.0 Å². The van der Waals surface area contributed by atoms with Crippen LogP contribution >= 0.6 is 0 Å². The molecule has 0 unspecified atom stereocenters. The van der Waals surface area contributed by atoms with Crippen LogP contribution in [0.5, 0.6) is 5.88 Å². The molecule has 2 fully saturated rings. The van der Waals surface area contributed by atoms with Gasteiger partial charge in [0.2, 0.25) is 17.7 Å². The fourth-order valence-corrected chi connectivity index (χ4v) is 4.96. The maximum absolute atomic E-state index is 13.6. The SMILES string of the molecule is COc1cc(C)nc(N2CC[C@@]3(CCCN(Cc4c[nH]c5ccccc45)C3=O)C2)n1. The number of para-hydroxylation sites is 1. The van der Waals surface area contributed by atoms with Crippen molar-refractivity contribution in [3.8, 4) is 5.88 Å².